The van der Waals surface area contributed by atoms with Gasteiger partial charge >= 0.3 is 0 Å². The van der Waals surface area contributed by atoms with Crippen LogP contribution in [0.15, 0.2) is 28.2 Å². The van der Waals surface area contributed by atoms with E-state index >= 15 is 0 Å². The quantitative estimate of drug-likeness (QED) is 0.510. The maximum atomic E-state index is 12.5. The second-order valence-corrected chi connectivity index (χ2v) is 8.63. The fraction of sp³-hybridized carbons (Fsp3) is 0.278. The van der Waals surface area contributed by atoms with Gasteiger partial charge < -0.3 is 14.7 Å². The molecular weight excluding hydrogens is 368 g/mol. The first-order valence-electron chi connectivity index (χ1n) is 8.16. The van der Waals surface area contributed by atoms with Crippen LogP contribution >= 0.6 is 23.1 Å². The summed E-state index contributed by atoms with van der Waals surface area (Å²) in [7, 11) is 1.64. The lowest BCUT2D eigenvalue weighted by molar-refractivity contribution is 0.415. The predicted octanol–water partition coefficient (Wildman–Crippen LogP) is 4.34. The van der Waals surface area contributed by atoms with Crippen LogP contribution in [0.3, 0.4) is 0 Å². The average Bonchev–Trinajstić information content (AvgIpc) is 3.14. The Morgan fingerprint density at radius 2 is 2.04 bits per heavy atom. The zero-order chi connectivity index (χ0) is 18.4. The van der Waals surface area contributed by atoms with Crippen molar-refractivity contribution in [2.75, 3.05) is 7.11 Å². The molecule has 26 heavy (non-hydrogen) atoms. The van der Waals surface area contributed by atoms with Crippen molar-refractivity contribution in [3.63, 3.8) is 0 Å². The summed E-state index contributed by atoms with van der Waals surface area (Å²) in [5.74, 6) is 1.44. The highest BCUT2D eigenvalue weighted by atomic mass is 32.2. The third kappa shape index (κ3) is 2.89. The van der Waals surface area contributed by atoms with Crippen molar-refractivity contribution >= 4 is 44.3 Å². The summed E-state index contributed by atoms with van der Waals surface area (Å²) in [4.78, 5) is 29.9. The van der Waals surface area contributed by atoms with Crippen molar-refractivity contribution in [1.29, 1.82) is 0 Å². The number of nitrogens with one attached hydrogen (secondary N) is 2. The second kappa shape index (κ2) is 6.44. The largest absolute Gasteiger partial charge is 0.497 e. The summed E-state index contributed by atoms with van der Waals surface area (Å²) in [5.41, 5.74) is 2.73. The topological polar surface area (TPSA) is 83.7 Å². The lowest BCUT2D eigenvalue weighted by Crippen LogP contribution is -2.12. The van der Waals surface area contributed by atoms with Gasteiger partial charge in [-0.15, -0.1) is 11.3 Å². The number of aromatic amines is 2. The van der Waals surface area contributed by atoms with E-state index in [1.807, 2.05) is 39.0 Å². The molecule has 0 aliphatic rings. The molecular formula is C18H18N4O2S2. The summed E-state index contributed by atoms with van der Waals surface area (Å²) in [6.07, 6.45) is 0. The molecule has 4 aromatic rings. The van der Waals surface area contributed by atoms with E-state index in [1.54, 1.807) is 18.4 Å². The van der Waals surface area contributed by atoms with Crippen LogP contribution in [0.4, 0.5) is 0 Å². The van der Waals surface area contributed by atoms with E-state index in [9.17, 15) is 4.79 Å². The van der Waals surface area contributed by atoms with Crippen LogP contribution < -0.4 is 10.3 Å². The Kier molecular flexibility index (Phi) is 4.24. The van der Waals surface area contributed by atoms with E-state index in [1.165, 1.54) is 11.8 Å². The third-order valence-electron chi connectivity index (χ3n) is 4.40. The number of methoxy groups -OCH3 is 1. The first-order chi connectivity index (χ1) is 12.5. The summed E-state index contributed by atoms with van der Waals surface area (Å²) < 4.78 is 5.24. The minimum Gasteiger partial charge on any atom is -0.497 e. The highest BCUT2D eigenvalue weighted by Gasteiger charge is 2.17. The number of hydrogen-bond acceptors (Lipinski definition) is 6. The molecule has 134 valence electrons. The van der Waals surface area contributed by atoms with Gasteiger partial charge in [0.1, 0.15) is 16.4 Å². The molecule has 0 bridgehead atoms. The van der Waals surface area contributed by atoms with Crippen LogP contribution in [-0.2, 0) is 0 Å². The smallest absolute Gasteiger partial charge is 0.259 e. The van der Waals surface area contributed by atoms with Gasteiger partial charge in [0.15, 0.2) is 5.16 Å². The van der Waals surface area contributed by atoms with Crippen LogP contribution in [0.25, 0.3) is 21.3 Å². The number of rotatable bonds is 4. The highest BCUT2D eigenvalue weighted by molar-refractivity contribution is 7.99. The molecule has 8 heteroatoms. The minimum absolute atomic E-state index is 0.0442. The minimum atomic E-state index is -0.0753. The number of ether oxygens (including phenoxy) is 1. The highest BCUT2D eigenvalue weighted by Crippen LogP contribution is 2.34. The number of imidazole rings is 1. The monoisotopic (exact) mass is 386 g/mol. The molecule has 0 fully saturated rings. The molecule has 0 spiro atoms. The number of hydrogen-bond donors (Lipinski definition) is 2. The molecule has 3 heterocycles. The summed E-state index contributed by atoms with van der Waals surface area (Å²) >= 11 is 3.09. The maximum absolute atomic E-state index is 12.5. The van der Waals surface area contributed by atoms with Gasteiger partial charge in [-0.2, -0.15) is 0 Å². The van der Waals surface area contributed by atoms with E-state index in [4.69, 9.17) is 4.74 Å². The molecule has 0 aliphatic carbocycles. The third-order valence-corrected chi connectivity index (χ3v) is 6.49. The van der Waals surface area contributed by atoms with Crippen LogP contribution in [0, 0.1) is 13.8 Å². The zero-order valence-corrected chi connectivity index (χ0v) is 16.5. The van der Waals surface area contributed by atoms with Gasteiger partial charge in [0, 0.05) is 10.9 Å². The Morgan fingerprint density at radius 3 is 2.81 bits per heavy atom. The Labute approximate surface area is 158 Å². The van der Waals surface area contributed by atoms with Gasteiger partial charge in [-0.05, 0) is 38.5 Å². The van der Waals surface area contributed by atoms with Gasteiger partial charge in [-0.25, -0.2) is 9.97 Å². The van der Waals surface area contributed by atoms with Crippen LogP contribution in [0.2, 0.25) is 0 Å². The van der Waals surface area contributed by atoms with E-state index < -0.39 is 0 Å². The molecule has 2 N–H and O–H groups in total. The van der Waals surface area contributed by atoms with Crippen molar-refractivity contribution in [3.8, 4) is 5.75 Å². The molecule has 0 amide bonds. The number of aromatic nitrogens is 4. The van der Waals surface area contributed by atoms with Crippen molar-refractivity contribution in [2.45, 2.75) is 31.2 Å². The fourth-order valence-electron chi connectivity index (χ4n) is 2.84. The second-order valence-electron chi connectivity index (χ2n) is 6.10. The first-order valence-corrected chi connectivity index (χ1v) is 9.86. The standard InChI is InChI=1S/C18H18N4O2S2/c1-8-9(2)25-17-14(8)16(23)21-15(22-17)10(3)26-18-19-12-6-5-11(24-4)7-13(12)20-18/h5-7,10H,1-4H3,(H,19,20)(H,21,22,23)/t10-/m1/s1. The normalized spacial score (nSPS) is 12.8. The van der Waals surface area contributed by atoms with Crippen molar-refractivity contribution < 1.29 is 4.74 Å². The summed E-state index contributed by atoms with van der Waals surface area (Å²) in [6, 6.07) is 5.72. The van der Waals surface area contributed by atoms with Crippen LogP contribution in [0.5, 0.6) is 5.75 Å². The van der Waals surface area contributed by atoms with E-state index in [2.05, 4.69) is 19.9 Å². The maximum Gasteiger partial charge on any atom is 0.259 e. The van der Waals surface area contributed by atoms with Crippen molar-refractivity contribution in [2.24, 2.45) is 0 Å². The number of thiophene rings is 1. The molecule has 0 aliphatic heterocycles. The lowest BCUT2D eigenvalue weighted by atomic mass is 10.2. The first kappa shape index (κ1) is 17.1. The number of nitrogens with zero attached hydrogens (tertiary/aromatic N) is 2. The van der Waals surface area contributed by atoms with Gasteiger partial charge in [-0.3, -0.25) is 4.79 Å². The van der Waals surface area contributed by atoms with Gasteiger partial charge in [0.25, 0.3) is 5.56 Å². The molecule has 3 aromatic heterocycles. The van der Waals surface area contributed by atoms with Gasteiger partial charge in [-0.1, -0.05) is 11.8 Å². The molecule has 4 rings (SSSR count). The van der Waals surface area contributed by atoms with Gasteiger partial charge in [0.05, 0.1) is 28.8 Å². The van der Waals surface area contributed by atoms with Crippen LogP contribution in [-0.4, -0.2) is 27.0 Å². The SMILES string of the molecule is COc1ccc2nc(S[C@H](C)c3nc4sc(C)c(C)c4c(=O)[nH]3)[nH]c2c1. The Balaban J connectivity index is 1.66. The Bertz CT molecular complexity index is 1180. The molecule has 1 atom stereocenters. The van der Waals surface area contributed by atoms with E-state index in [-0.39, 0.29) is 10.8 Å². The number of aryl methyl sites for hydroxylation is 2. The van der Waals surface area contributed by atoms with Crippen molar-refractivity contribution in [1.82, 2.24) is 19.9 Å². The van der Waals surface area contributed by atoms with E-state index in [0.717, 1.165) is 37.2 Å². The fourth-order valence-corrected chi connectivity index (χ4v) is 4.75. The number of thioether (sulfide) groups is 1. The Morgan fingerprint density at radius 1 is 1.23 bits per heavy atom. The molecule has 1 aromatic carbocycles. The van der Waals surface area contributed by atoms with Gasteiger partial charge in [0.2, 0.25) is 0 Å². The lowest BCUT2D eigenvalue weighted by Gasteiger charge is -2.08. The summed E-state index contributed by atoms with van der Waals surface area (Å²) in [6.45, 7) is 5.99. The predicted molar refractivity (Wildman–Crippen MR) is 107 cm³/mol. The molecule has 6 nitrogen and oxygen atoms in total. The molecule has 0 radical (unpaired) electrons. The molecule has 0 saturated heterocycles. The van der Waals surface area contributed by atoms with E-state index in [0.29, 0.717) is 11.2 Å². The summed E-state index contributed by atoms with van der Waals surface area (Å²) in [5, 5.41) is 1.43. The molecule has 0 unspecified atom stereocenters. The average molecular weight is 387 g/mol. The Hall–Kier alpha value is -2.32. The van der Waals surface area contributed by atoms with Crippen molar-refractivity contribution in [3.05, 3.63) is 44.8 Å². The number of benzene rings is 1. The zero-order valence-electron chi connectivity index (χ0n) is 14.8. The number of H-pyrrole nitrogens is 2. The number of fused-ring (bicyclic) bond motifs is 2. The molecule has 0 saturated carbocycles. The van der Waals surface area contributed by atoms with Crippen LogP contribution in [0.1, 0.15) is 28.4 Å².